The molecule has 2 N–H and O–H groups in total. The lowest BCUT2D eigenvalue weighted by Gasteiger charge is -2.25. The molecule has 0 radical (unpaired) electrons. The third-order valence-electron chi connectivity index (χ3n) is 5.47. The third-order valence-corrected chi connectivity index (χ3v) is 5.47. The lowest BCUT2D eigenvalue weighted by atomic mass is 9.87. The minimum Gasteiger partial charge on any atom is -0.339 e. The van der Waals surface area contributed by atoms with Gasteiger partial charge in [0.25, 0.3) is 5.91 Å². The number of nitrogens with one attached hydrogen (secondary N) is 2. The van der Waals surface area contributed by atoms with Crippen LogP contribution in [0.2, 0.25) is 0 Å². The molecule has 9 nitrogen and oxygen atoms in total. The molecule has 1 fully saturated rings. The number of hydrogen-bond donors (Lipinski definition) is 2. The maximum atomic E-state index is 13.1. The van der Waals surface area contributed by atoms with Crippen molar-refractivity contribution < 1.29 is 18.9 Å². The molecule has 1 aromatic heterocycles. The van der Waals surface area contributed by atoms with E-state index in [0.717, 1.165) is 16.1 Å². The van der Waals surface area contributed by atoms with Crippen LogP contribution >= 0.6 is 0 Å². The molecular weight excluding hydrogens is 410 g/mol. The van der Waals surface area contributed by atoms with Gasteiger partial charge in [-0.25, -0.2) is 4.79 Å². The number of aryl methyl sites for hydroxylation is 2. The van der Waals surface area contributed by atoms with Crippen LogP contribution in [-0.2, 0) is 21.5 Å². The normalized spacial score (nSPS) is 18.0. The number of urea groups is 1. The van der Waals surface area contributed by atoms with Crippen LogP contribution in [0.1, 0.15) is 36.8 Å². The fourth-order valence-corrected chi connectivity index (χ4v) is 3.62. The van der Waals surface area contributed by atoms with Crippen molar-refractivity contribution in [1.29, 1.82) is 0 Å². The largest absolute Gasteiger partial charge is 0.344 e. The zero-order valence-corrected chi connectivity index (χ0v) is 17.8. The first-order chi connectivity index (χ1) is 15.4. The van der Waals surface area contributed by atoms with Crippen LogP contribution in [0, 0.1) is 6.92 Å². The number of carbonyl (C=O) groups is 3. The second-order valence-corrected chi connectivity index (χ2v) is 7.61. The number of hydrogen-bond acceptors (Lipinski definition) is 6. The topological polar surface area (TPSA) is 117 Å². The van der Waals surface area contributed by atoms with Crippen LogP contribution < -0.4 is 10.7 Å². The summed E-state index contributed by atoms with van der Waals surface area (Å²) in [7, 11) is 0. The predicted molar refractivity (Wildman–Crippen MR) is 115 cm³/mol. The molecule has 1 aliphatic rings. The fraction of sp³-hybridized carbons (Fsp3) is 0.261. The highest BCUT2D eigenvalue weighted by Gasteiger charge is 2.52. The Balaban J connectivity index is 1.39. The first kappa shape index (κ1) is 21.2. The fourth-order valence-electron chi connectivity index (χ4n) is 3.62. The third kappa shape index (κ3) is 3.96. The number of carbonyl (C=O) groups excluding carboxylic acids is 3. The van der Waals surface area contributed by atoms with E-state index < -0.39 is 23.4 Å². The number of aromatic nitrogens is 2. The second-order valence-electron chi connectivity index (χ2n) is 7.61. The second kappa shape index (κ2) is 8.62. The van der Waals surface area contributed by atoms with Crippen molar-refractivity contribution in [2.24, 2.45) is 0 Å². The van der Waals surface area contributed by atoms with Crippen molar-refractivity contribution in [3.63, 3.8) is 0 Å². The lowest BCUT2D eigenvalue weighted by Crippen LogP contribution is -2.48. The van der Waals surface area contributed by atoms with Crippen LogP contribution in [0.25, 0.3) is 11.4 Å². The Bertz CT molecular complexity index is 1140. The van der Waals surface area contributed by atoms with Crippen LogP contribution in [-0.4, -0.2) is 33.0 Å². The molecule has 9 heteroatoms. The Morgan fingerprint density at radius 3 is 2.53 bits per heavy atom. The van der Waals surface area contributed by atoms with Gasteiger partial charge < -0.3 is 9.84 Å². The van der Waals surface area contributed by atoms with Gasteiger partial charge in [-0.05, 0) is 18.9 Å². The Labute approximate surface area is 184 Å². The van der Waals surface area contributed by atoms with Gasteiger partial charge in [0.2, 0.25) is 17.6 Å². The van der Waals surface area contributed by atoms with E-state index in [9.17, 15) is 14.4 Å². The maximum absolute atomic E-state index is 13.1. The van der Waals surface area contributed by atoms with Crippen LogP contribution in [0.5, 0.6) is 0 Å². The summed E-state index contributed by atoms with van der Waals surface area (Å²) in [6.45, 7) is 3.79. The first-order valence-electron chi connectivity index (χ1n) is 10.3. The Morgan fingerprint density at radius 2 is 1.84 bits per heavy atom. The molecule has 1 saturated heterocycles. The molecular formula is C23H23N5O4. The van der Waals surface area contributed by atoms with E-state index in [1.165, 1.54) is 0 Å². The van der Waals surface area contributed by atoms with Gasteiger partial charge in [-0.3, -0.25) is 15.0 Å². The van der Waals surface area contributed by atoms with E-state index >= 15 is 0 Å². The van der Waals surface area contributed by atoms with Crippen LogP contribution in [0.3, 0.4) is 0 Å². The molecule has 164 valence electrons. The molecule has 0 aliphatic carbocycles. The Hall–Kier alpha value is -4.01. The van der Waals surface area contributed by atoms with E-state index in [1.54, 1.807) is 31.2 Å². The van der Waals surface area contributed by atoms with E-state index in [2.05, 4.69) is 20.9 Å². The molecule has 0 saturated carbocycles. The quantitative estimate of drug-likeness (QED) is 0.553. The van der Waals surface area contributed by atoms with Gasteiger partial charge >= 0.3 is 6.03 Å². The molecule has 1 atom stereocenters. The number of hydrazine groups is 1. The molecule has 3 aromatic rings. The van der Waals surface area contributed by atoms with Crippen molar-refractivity contribution in [1.82, 2.24) is 25.9 Å². The van der Waals surface area contributed by atoms with Crippen molar-refractivity contribution in [3.05, 3.63) is 71.6 Å². The van der Waals surface area contributed by atoms with Crippen molar-refractivity contribution in [2.45, 2.75) is 38.6 Å². The van der Waals surface area contributed by atoms with Gasteiger partial charge in [-0.2, -0.15) is 9.99 Å². The number of benzene rings is 2. The summed E-state index contributed by atoms with van der Waals surface area (Å²) in [6.07, 6.45) is 0.487. The van der Waals surface area contributed by atoms with E-state index in [4.69, 9.17) is 4.52 Å². The van der Waals surface area contributed by atoms with Crippen LogP contribution in [0.15, 0.2) is 59.1 Å². The van der Waals surface area contributed by atoms with Crippen molar-refractivity contribution >= 4 is 17.8 Å². The molecule has 0 bridgehead atoms. The summed E-state index contributed by atoms with van der Waals surface area (Å²) >= 11 is 0. The predicted octanol–water partition coefficient (Wildman–Crippen LogP) is 2.87. The summed E-state index contributed by atoms with van der Waals surface area (Å²) in [6, 6.07) is 16.0. The van der Waals surface area contributed by atoms with Gasteiger partial charge in [-0.1, -0.05) is 72.2 Å². The molecule has 1 unspecified atom stereocenters. The van der Waals surface area contributed by atoms with E-state index in [0.29, 0.717) is 23.7 Å². The zero-order valence-electron chi connectivity index (χ0n) is 17.8. The lowest BCUT2D eigenvalue weighted by molar-refractivity contribution is -0.139. The van der Waals surface area contributed by atoms with Crippen molar-refractivity contribution in [3.8, 4) is 11.4 Å². The van der Waals surface area contributed by atoms with Gasteiger partial charge in [-0.15, -0.1) is 0 Å². The molecule has 4 amide bonds. The molecule has 2 aromatic carbocycles. The highest BCUT2D eigenvalue weighted by atomic mass is 16.5. The standard InChI is InChI=1S/C23H23N5O4/c1-3-23(17-7-5-4-6-8-17)21(30)28(22(31)25-23)26-18(29)13-14-19-24-20(27-32-19)16-11-9-15(2)10-12-16/h4-12H,3,13-14H2,1-2H3,(H,25,31)(H,26,29). The molecule has 32 heavy (non-hydrogen) atoms. The maximum Gasteiger partial charge on any atom is 0.344 e. The molecule has 0 spiro atoms. The van der Waals surface area contributed by atoms with Gasteiger partial charge in [0.15, 0.2) is 0 Å². The summed E-state index contributed by atoms with van der Waals surface area (Å²) in [5.41, 5.74) is 3.78. The summed E-state index contributed by atoms with van der Waals surface area (Å²) < 4.78 is 5.22. The van der Waals surface area contributed by atoms with E-state index in [-0.39, 0.29) is 12.8 Å². The SMILES string of the molecule is CCC1(c2ccccc2)NC(=O)N(NC(=O)CCc2nc(-c3ccc(C)cc3)no2)C1=O. The first-order valence-corrected chi connectivity index (χ1v) is 10.3. The number of nitrogens with zero attached hydrogens (tertiary/aromatic N) is 3. The van der Waals surface area contributed by atoms with Gasteiger partial charge in [0.05, 0.1) is 0 Å². The van der Waals surface area contributed by atoms with Crippen LogP contribution in [0.4, 0.5) is 4.79 Å². The Morgan fingerprint density at radius 1 is 1.12 bits per heavy atom. The highest BCUT2D eigenvalue weighted by molar-refractivity contribution is 6.08. The minimum absolute atomic E-state index is 0.0307. The average molecular weight is 433 g/mol. The monoisotopic (exact) mass is 433 g/mol. The minimum atomic E-state index is -1.21. The number of imide groups is 1. The summed E-state index contributed by atoms with van der Waals surface area (Å²) in [4.78, 5) is 42.3. The summed E-state index contributed by atoms with van der Waals surface area (Å²) in [5, 5.41) is 7.40. The highest BCUT2D eigenvalue weighted by Crippen LogP contribution is 2.31. The Kier molecular flexibility index (Phi) is 5.72. The summed E-state index contributed by atoms with van der Waals surface area (Å²) in [5.74, 6) is -0.308. The van der Waals surface area contributed by atoms with Crippen molar-refractivity contribution in [2.75, 3.05) is 0 Å². The number of amides is 4. The average Bonchev–Trinajstić information content (AvgIpc) is 3.38. The molecule has 2 heterocycles. The molecule has 1 aliphatic heterocycles. The van der Waals surface area contributed by atoms with Gasteiger partial charge in [0.1, 0.15) is 5.54 Å². The van der Waals surface area contributed by atoms with Gasteiger partial charge in [0, 0.05) is 18.4 Å². The van der Waals surface area contributed by atoms with E-state index in [1.807, 2.05) is 37.3 Å². The zero-order chi connectivity index (χ0) is 22.7. The smallest absolute Gasteiger partial charge is 0.339 e. The molecule has 4 rings (SSSR count). The number of rotatable bonds is 7.